The monoisotopic (exact) mass is 556 g/mol. The van der Waals surface area contributed by atoms with Crippen molar-refractivity contribution in [2.24, 2.45) is 0 Å². The second kappa shape index (κ2) is 11.3. The van der Waals surface area contributed by atoms with E-state index in [9.17, 15) is 23.5 Å². The fourth-order valence-electron chi connectivity index (χ4n) is 4.70. The van der Waals surface area contributed by atoms with E-state index in [0.29, 0.717) is 5.56 Å². The van der Waals surface area contributed by atoms with Crippen molar-refractivity contribution in [1.29, 1.82) is 0 Å². The van der Waals surface area contributed by atoms with Crippen molar-refractivity contribution in [2.45, 2.75) is 19.9 Å². The van der Waals surface area contributed by atoms with Gasteiger partial charge in [0.2, 0.25) is 0 Å². The maximum atomic E-state index is 14.2. The molecule has 4 rings (SSSR count). The number of anilines is 2. The largest absolute Gasteiger partial charge is 0.507 e. The lowest BCUT2D eigenvalue weighted by molar-refractivity contribution is -0.132. The van der Waals surface area contributed by atoms with E-state index in [1.54, 1.807) is 12.1 Å². The van der Waals surface area contributed by atoms with Crippen molar-refractivity contribution in [3.63, 3.8) is 0 Å². The van der Waals surface area contributed by atoms with E-state index in [1.807, 2.05) is 26.0 Å². The minimum atomic E-state index is -1.19. The van der Waals surface area contributed by atoms with Gasteiger partial charge in [-0.25, -0.2) is 8.78 Å². The van der Waals surface area contributed by atoms with Gasteiger partial charge in [-0.2, -0.15) is 0 Å². The Bertz CT molecular complexity index is 1450. The molecule has 1 amide bonds. The zero-order chi connectivity index (χ0) is 28.4. The molecule has 7 nitrogen and oxygen atoms in total. The summed E-state index contributed by atoms with van der Waals surface area (Å²) < 4.78 is 38.6. The topological polar surface area (TPSA) is 79.3 Å². The highest BCUT2D eigenvalue weighted by Gasteiger charge is 2.47. The van der Waals surface area contributed by atoms with E-state index in [1.165, 1.54) is 32.4 Å². The minimum Gasteiger partial charge on any atom is -0.507 e. The Balaban J connectivity index is 1.97. The number of Topliss-reactive ketones (excluding diaryl/α,β-unsaturated/α-hetero) is 1. The summed E-state index contributed by atoms with van der Waals surface area (Å²) in [5, 5.41) is 11.7. The van der Waals surface area contributed by atoms with Gasteiger partial charge >= 0.3 is 0 Å². The van der Waals surface area contributed by atoms with Crippen molar-refractivity contribution < 1.29 is 33.0 Å². The van der Waals surface area contributed by atoms with Crippen molar-refractivity contribution in [3.8, 4) is 11.5 Å². The molecule has 204 valence electrons. The Morgan fingerprint density at radius 3 is 2.15 bits per heavy atom. The number of rotatable bonds is 8. The van der Waals surface area contributed by atoms with E-state index in [0.717, 1.165) is 35.8 Å². The standard InChI is InChI=1S/C29H27ClF2N2O5/c1-5-33(6-2)17-9-7-16(8-10-17)26-25(27(35)19-14-24(39-4)20(30)15-23(19)38-3)28(36)29(37)34(26)18-11-12-21(31)22(32)13-18/h7-15,26,35H,5-6H2,1-4H3/b27-25+. The van der Waals surface area contributed by atoms with Gasteiger partial charge in [-0.1, -0.05) is 23.7 Å². The Morgan fingerprint density at radius 1 is 0.949 bits per heavy atom. The summed E-state index contributed by atoms with van der Waals surface area (Å²) in [6.45, 7) is 5.56. The minimum absolute atomic E-state index is 0.0477. The fourth-order valence-corrected chi connectivity index (χ4v) is 4.93. The van der Waals surface area contributed by atoms with Crippen LogP contribution in [0.2, 0.25) is 5.02 Å². The fraction of sp³-hybridized carbons (Fsp3) is 0.241. The number of hydrogen-bond acceptors (Lipinski definition) is 6. The Hall–Kier alpha value is -4.11. The van der Waals surface area contributed by atoms with Gasteiger partial charge in [0.15, 0.2) is 11.6 Å². The molecule has 1 aliphatic rings. The molecule has 1 unspecified atom stereocenters. The Kier molecular flexibility index (Phi) is 8.11. The molecule has 0 saturated carbocycles. The lowest BCUT2D eigenvalue weighted by Gasteiger charge is -2.27. The SMILES string of the molecule is CCN(CC)c1ccc(C2/C(=C(\O)c3cc(OC)c(Cl)cc3OC)C(=O)C(=O)N2c2ccc(F)c(F)c2)cc1. The molecule has 1 heterocycles. The molecular weight excluding hydrogens is 530 g/mol. The van der Waals surface area contributed by atoms with E-state index >= 15 is 0 Å². The zero-order valence-corrected chi connectivity index (χ0v) is 22.6. The summed E-state index contributed by atoms with van der Waals surface area (Å²) >= 11 is 6.21. The van der Waals surface area contributed by atoms with Crippen molar-refractivity contribution in [1.82, 2.24) is 0 Å². The third kappa shape index (κ3) is 5.02. The molecule has 0 bridgehead atoms. The van der Waals surface area contributed by atoms with Gasteiger partial charge in [-0.3, -0.25) is 14.5 Å². The number of hydrogen-bond donors (Lipinski definition) is 1. The predicted molar refractivity (Wildman–Crippen MR) is 146 cm³/mol. The maximum absolute atomic E-state index is 14.2. The molecule has 1 saturated heterocycles. The van der Waals surface area contributed by atoms with Gasteiger partial charge in [0.05, 0.1) is 36.4 Å². The number of aliphatic hydroxyl groups is 1. The Morgan fingerprint density at radius 2 is 1.59 bits per heavy atom. The van der Waals surface area contributed by atoms with Crippen LogP contribution < -0.4 is 19.3 Å². The molecule has 1 atom stereocenters. The molecule has 1 fully saturated rings. The second-order valence-corrected chi connectivity index (χ2v) is 9.13. The predicted octanol–water partition coefficient (Wildman–Crippen LogP) is 6.11. The molecule has 0 aliphatic carbocycles. The first kappa shape index (κ1) is 27.9. The van der Waals surface area contributed by atoms with E-state index in [-0.39, 0.29) is 33.3 Å². The van der Waals surface area contributed by atoms with Crippen LogP contribution in [0, 0.1) is 11.6 Å². The molecule has 3 aromatic rings. The summed E-state index contributed by atoms with van der Waals surface area (Å²) in [6.07, 6.45) is 0. The van der Waals surface area contributed by atoms with Crippen molar-refractivity contribution in [2.75, 3.05) is 37.1 Å². The van der Waals surface area contributed by atoms with Gasteiger partial charge < -0.3 is 19.5 Å². The number of nitrogens with zero attached hydrogens (tertiary/aromatic N) is 2. The van der Waals surface area contributed by atoms with Crippen molar-refractivity contribution >= 4 is 40.4 Å². The quantitative estimate of drug-likeness (QED) is 0.205. The highest BCUT2D eigenvalue weighted by atomic mass is 35.5. The zero-order valence-electron chi connectivity index (χ0n) is 21.8. The number of benzene rings is 3. The molecule has 1 N–H and O–H groups in total. The summed E-state index contributed by atoms with van der Waals surface area (Å²) in [7, 11) is 2.75. The first-order valence-electron chi connectivity index (χ1n) is 12.2. The van der Waals surface area contributed by atoms with Crippen LogP contribution in [0.3, 0.4) is 0 Å². The van der Waals surface area contributed by atoms with Crippen LogP contribution in [0.5, 0.6) is 11.5 Å². The van der Waals surface area contributed by atoms with Crippen LogP contribution in [0.4, 0.5) is 20.2 Å². The molecule has 39 heavy (non-hydrogen) atoms. The van der Waals surface area contributed by atoms with Gasteiger partial charge in [-0.15, -0.1) is 0 Å². The average molecular weight is 557 g/mol. The number of ketones is 1. The van der Waals surface area contributed by atoms with Crippen LogP contribution in [-0.2, 0) is 9.59 Å². The lowest BCUT2D eigenvalue weighted by atomic mass is 9.94. The number of methoxy groups -OCH3 is 2. The van der Waals surface area contributed by atoms with E-state index in [2.05, 4.69) is 4.90 Å². The van der Waals surface area contributed by atoms with Crippen LogP contribution in [0.15, 0.2) is 60.2 Å². The van der Waals surface area contributed by atoms with Crippen molar-refractivity contribution in [3.05, 3.63) is 88.0 Å². The number of aliphatic hydroxyl groups excluding tert-OH is 1. The summed E-state index contributed by atoms with van der Waals surface area (Å²) in [5.41, 5.74) is 1.14. The molecule has 10 heteroatoms. The second-order valence-electron chi connectivity index (χ2n) is 8.72. The van der Waals surface area contributed by atoms with E-state index < -0.39 is 35.1 Å². The van der Waals surface area contributed by atoms with Crippen LogP contribution in [-0.4, -0.2) is 44.1 Å². The summed E-state index contributed by atoms with van der Waals surface area (Å²) in [5.74, 6) is -4.51. The van der Waals surface area contributed by atoms with Crippen LogP contribution in [0.25, 0.3) is 5.76 Å². The number of carbonyl (C=O) groups is 2. The Labute approximate surface area is 229 Å². The normalized spacial score (nSPS) is 16.5. The van der Waals surface area contributed by atoms with E-state index in [4.69, 9.17) is 21.1 Å². The highest BCUT2D eigenvalue weighted by Crippen LogP contribution is 2.45. The first-order valence-corrected chi connectivity index (χ1v) is 12.6. The number of halogens is 3. The highest BCUT2D eigenvalue weighted by molar-refractivity contribution is 6.51. The average Bonchev–Trinajstić information content (AvgIpc) is 3.20. The third-order valence-corrected chi connectivity index (χ3v) is 6.99. The first-order chi connectivity index (χ1) is 18.7. The summed E-state index contributed by atoms with van der Waals surface area (Å²) in [4.78, 5) is 30.0. The maximum Gasteiger partial charge on any atom is 0.300 e. The smallest absolute Gasteiger partial charge is 0.300 e. The van der Waals surface area contributed by atoms with Gasteiger partial charge in [-0.05, 0) is 49.7 Å². The van der Waals surface area contributed by atoms with Crippen LogP contribution in [0.1, 0.15) is 31.0 Å². The number of ether oxygens (including phenoxy) is 2. The molecule has 3 aromatic carbocycles. The third-order valence-electron chi connectivity index (χ3n) is 6.69. The molecule has 1 aliphatic heterocycles. The van der Waals surface area contributed by atoms with Gasteiger partial charge in [0.1, 0.15) is 17.3 Å². The molecular formula is C29H27ClF2N2O5. The van der Waals surface area contributed by atoms with Gasteiger partial charge in [0, 0.05) is 36.6 Å². The summed E-state index contributed by atoms with van der Waals surface area (Å²) in [6, 6.07) is 11.7. The molecule has 0 radical (unpaired) electrons. The van der Waals surface area contributed by atoms with Gasteiger partial charge in [0.25, 0.3) is 11.7 Å². The lowest BCUT2D eigenvalue weighted by Crippen LogP contribution is -2.29. The molecule has 0 spiro atoms. The number of amides is 1. The van der Waals surface area contributed by atoms with Crippen LogP contribution >= 0.6 is 11.6 Å². The molecule has 0 aromatic heterocycles. The number of carbonyl (C=O) groups excluding carboxylic acids is 2.